The van der Waals surface area contributed by atoms with E-state index in [1.807, 2.05) is 18.2 Å². The van der Waals surface area contributed by atoms with E-state index < -0.39 is 0 Å². The maximum atomic E-state index is 5.51. The molecule has 1 fully saturated rings. The Labute approximate surface area is 174 Å². The van der Waals surface area contributed by atoms with Gasteiger partial charge in [0.05, 0.1) is 20.3 Å². The van der Waals surface area contributed by atoms with Crippen molar-refractivity contribution in [1.29, 1.82) is 0 Å². The number of hydrogen-bond acceptors (Lipinski definition) is 4. The Morgan fingerprint density at radius 3 is 2.85 bits per heavy atom. The summed E-state index contributed by atoms with van der Waals surface area (Å²) in [6, 6.07) is 9.02. The van der Waals surface area contributed by atoms with E-state index in [1.54, 1.807) is 14.2 Å². The zero-order valence-electron chi connectivity index (χ0n) is 16.3. The fourth-order valence-corrected chi connectivity index (χ4v) is 3.20. The molecule has 0 spiro atoms. The number of methoxy groups -OCH3 is 1. The molecule has 2 atom stereocenters. The Balaban J connectivity index is 0.00000338. The lowest BCUT2D eigenvalue weighted by molar-refractivity contribution is -0.0174. The Kier molecular flexibility index (Phi) is 10.9. The highest BCUT2D eigenvalue weighted by Crippen LogP contribution is 2.17. The van der Waals surface area contributed by atoms with Crippen LogP contribution in [0.5, 0.6) is 5.75 Å². The fourth-order valence-electron chi connectivity index (χ4n) is 3.20. The third kappa shape index (κ3) is 6.92. The molecule has 0 bridgehead atoms. The van der Waals surface area contributed by atoms with Crippen LogP contribution >= 0.6 is 24.0 Å². The minimum absolute atomic E-state index is 0. The molecule has 2 rings (SSSR count). The fraction of sp³-hybridized carbons (Fsp3) is 0.632. The van der Waals surface area contributed by atoms with Gasteiger partial charge >= 0.3 is 0 Å². The molecular weight excluding hydrogens is 443 g/mol. The highest BCUT2D eigenvalue weighted by atomic mass is 127. The monoisotopic (exact) mass is 476 g/mol. The Hall–Kier alpha value is -1.06. The number of hydrogen-bond donors (Lipinski definition) is 2. The summed E-state index contributed by atoms with van der Waals surface area (Å²) in [6.07, 6.45) is 0.890. The Morgan fingerprint density at radius 2 is 2.15 bits per heavy atom. The first-order valence-corrected chi connectivity index (χ1v) is 9.05. The summed E-state index contributed by atoms with van der Waals surface area (Å²) >= 11 is 0. The van der Waals surface area contributed by atoms with Crippen LogP contribution in [0.25, 0.3) is 0 Å². The number of aliphatic imine (C=N–C) groups is 1. The van der Waals surface area contributed by atoms with Crippen LogP contribution in [0.2, 0.25) is 0 Å². The van der Waals surface area contributed by atoms with Crippen LogP contribution < -0.4 is 15.4 Å². The molecule has 1 heterocycles. The third-order valence-electron chi connectivity index (χ3n) is 4.65. The number of nitrogens with one attached hydrogen (secondary N) is 2. The van der Waals surface area contributed by atoms with Gasteiger partial charge in [-0.3, -0.25) is 9.89 Å². The van der Waals surface area contributed by atoms with E-state index in [-0.39, 0.29) is 24.0 Å². The van der Waals surface area contributed by atoms with Gasteiger partial charge in [0.1, 0.15) is 5.75 Å². The van der Waals surface area contributed by atoms with Crippen LogP contribution in [0, 0.1) is 0 Å². The Bertz CT molecular complexity index is 556. The first-order chi connectivity index (χ1) is 12.2. The van der Waals surface area contributed by atoms with Crippen LogP contribution in [-0.2, 0) is 11.2 Å². The molecule has 0 amide bonds. The molecule has 26 heavy (non-hydrogen) atoms. The van der Waals surface area contributed by atoms with Crippen molar-refractivity contribution in [3.05, 3.63) is 29.8 Å². The van der Waals surface area contributed by atoms with Gasteiger partial charge < -0.3 is 20.1 Å². The van der Waals surface area contributed by atoms with Crippen molar-refractivity contribution in [2.24, 2.45) is 4.99 Å². The lowest BCUT2D eigenvalue weighted by Gasteiger charge is -2.38. The molecular formula is C19H33IN4O2. The van der Waals surface area contributed by atoms with Crippen molar-refractivity contribution in [1.82, 2.24) is 15.5 Å². The van der Waals surface area contributed by atoms with E-state index in [2.05, 4.69) is 40.4 Å². The quantitative estimate of drug-likeness (QED) is 0.359. The van der Waals surface area contributed by atoms with E-state index >= 15 is 0 Å². The van der Waals surface area contributed by atoms with Gasteiger partial charge in [-0.1, -0.05) is 18.2 Å². The van der Waals surface area contributed by atoms with Crippen molar-refractivity contribution in [3.8, 4) is 5.75 Å². The van der Waals surface area contributed by atoms with Crippen molar-refractivity contribution < 1.29 is 9.47 Å². The molecule has 1 aliphatic heterocycles. The minimum Gasteiger partial charge on any atom is -0.496 e. The van der Waals surface area contributed by atoms with Crippen LogP contribution in [0.15, 0.2) is 29.3 Å². The van der Waals surface area contributed by atoms with E-state index in [4.69, 9.17) is 9.47 Å². The highest BCUT2D eigenvalue weighted by molar-refractivity contribution is 14.0. The average molecular weight is 476 g/mol. The number of benzene rings is 1. The molecule has 1 aliphatic rings. The molecule has 0 radical (unpaired) electrons. The van der Waals surface area contributed by atoms with Crippen LogP contribution in [0.4, 0.5) is 0 Å². The van der Waals surface area contributed by atoms with E-state index in [9.17, 15) is 0 Å². The lowest BCUT2D eigenvalue weighted by atomic mass is 10.1. The summed E-state index contributed by atoms with van der Waals surface area (Å²) in [4.78, 5) is 6.80. The maximum absolute atomic E-state index is 5.51. The van der Waals surface area contributed by atoms with Gasteiger partial charge in [-0.05, 0) is 31.9 Å². The zero-order chi connectivity index (χ0) is 18.1. The number of ether oxygens (including phenoxy) is 2. The molecule has 0 saturated carbocycles. The summed E-state index contributed by atoms with van der Waals surface area (Å²) in [6.45, 7) is 8.76. The molecule has 0 aliphatic carbocycles. The molecule has 6 nitrogen and oxygen atoms in total. The minimum atomic E-state index is 0. The van der Waals surface area contributed by atoms with Crippen LogP contribution in [0.3, 0.4) is 0 Å². The topological polar surface area (TPSA) is 58.1 Å². The summed E-state index contributed by atoms with van der Waals surface area (Å²) in [5.41, 5.74) is 1.20. The largest absolute Gasteiger partial charge is 0.496 e. The maximum Gasteiger partial charge on any atom is 0.191 e. The number of nitrogens with zero attached hydrogens (tertiary/aromatic N) is 2. The third-order valence-corrected chi connectivity index (χ3v) is 4.65. The number of guanidine groups is 1. The summed E-state index contributed by atoms with van der Waals surface area (Å²) in [7, 11) is 3.52. The van der Waals surface area contributed by atoms with E-state index in [0.717, 1.165) is 51.0 Å². The van der Waals surface area contributed by atoms with Crippen LogP contribution in [-0.4, -0.2) is 69.9 Å². The molecule has 1 aromatic rings. The van der Waals surface area contributed by atoms with Crippen LogP contribution in [0.1, 0.15) is 19.4 Å². The second-order valence-corrected chi connectivity index (χ2v) is 6.45. The number of para-hydroxylation sites is 1. The van der Waals surface area contributed by atoms with Crippen molar-refractivity contribution in [3.63, 3.8) is 0 Å². The summed E-state index contributed by atoms with van der Waals surface area (Å²) in [5, 5.41) is 6.81. The number of morpholine rings is 1. The first-order valence-electron chi connectivity index (χ1n) is 9.05. The predicted molar refractivity (Wildman–Crippen MR) is 118 cm³/mol. The molecule has 1 saturated heterocycles. The zero-order valence-corrected chi connectivity index (χ0v) is 18.7. The molecule has 2 unspecified atom stereocenters. The van der Waals surface area contributed by atoms with Gasteiger partial charge in [0.2, 0.25) is 0 Å². The summed E-state index contributed by atoms with van der Waals surface area (Å²) < 4.78 is 10.9. The average Bonchev–Trinajstić information content (AvgIpc) is 2.65. The highest BCUT2D eigenvalue weighted by Gasteiger charge is 2.23. The van der Waals surface area contributed by atoms with Gasteiger partial charge in [-0.2, -0.15) is 0 Å². The Morgan fingerprint density at radius 1 is 1.38 bits per heavy atom. The number of rotatable bonds is 7. The van der Waals surface area contributed by atoms with Crippen molar-refractivity contribution in [2.45, 2.75) is 32.4 Å². The molecule has 1 aromatic carbocycles. The van der Waals surface area contributed by atoms with Gasteiger partial charge in [0, 0.05) is 38.8 Å². The second-order valence-electron chi connectivity index (χ2n) is 6.45. The van der Waals surface area contributed by atoms with Gasteiger partial charge in [0.15, 0.2) is 5.96 Å². The number of halogens is 1. The predicted octanol–water partition coefficient (Wildman–Crippen LogP) is 2.13. The van der Waals surface area contributed by atoms with Gasteiger partial charge in [-0.15, -0.1) is 24.0 Å². The van der Waals surface area contributed by atoms with E-state index in [1.165, 1.54) is 5.56 Å². The SMILES string of the molecule is CN=C(NCCc1ccccc1OC)NCC(C)N1CCOCC1C.I. The summed E-state index contributed by atoms with van der Waals surface area (Å²) in [5.74, 6) is 1.77. The standard InChI is InChI=1S/C19H32N4O2.HI/c1-15(23-11-12-25-14-16(23)2)13-22-19(20-3)21-10-9-17-7-5-6-8-18(17)24-4;/h5-8,15-16H,9-14H2,1-4H3,(H2,20,21,22);1H. The lowest BCUT2D eigenvalue weighted by Crippen LogP contribution is -2.53. The van der Waals surface area contributed by atoms with Gasteiger partial charge in [-0.25, -0.2) is 0 Å². The molecule has 0 aromatic heterocycles. The second kappa shape index (κ2) is 12.3. The van der Waals surface area contributed by atoms with E-state index in [0.29, 0.717) is 12.1 Å². The van der Waals surface area contributed by atoms with Crippen molar-refractivity contribution in [2.75, 3.05) is 47.0 Å². The molecule has 148 valence electrons. The molecule has 7 heteroatoms. The smallest absolute Gasteiger partial charge is 0.191 e. The first kappa shape index (κ1) is 23.0. The normalized spacial score (nSPS) is 19.4. The van der Waals surface area contributed by atoms with Crippen molar-refractivity contribution >= 4 is 29.9 Å². The van der Waals surface area contributed by atoms with Gasteiger partial charge in [0.25, 0.3) is 0 Å². The molecule has 2 N–H and O–H groups in total.